The third kappa shape index (κ3) is 5.39. The van der Waals surface area contributed by atoms with Crippen molar-refractivity contribution in [2.24, 2.45) is 5.92 Å². The predicted molar refractivity (Wildman–Crippen MR) is 146 cm³/mol. The number of piperazine rings is 1. The first kappa shape index (κ1) is 26.9. The Hall–Kier alpha value is -2.69. The third-order valence-electron chi connectivity index (χ3n) is 8.71. The normalized spacial score (nSPS) is 25.6. The van der Waals surface area contributed by atoms with E-state index < -0.39 is 6.10 Å². The molecule has 1 aromatic heterocycles. The van der Waals surface area contributed by atoms with Gasteiger partial charge >= 0.3 is 11.7 Å². The van der Waals surface area contributed by atoms with Gasteiger partial charge in [-0.05, 0) is 64.1 Å². The minimum atomic E-state index is -0.452. The van der Waals surface area contributed by atoms with E-state index in [1.165, 1.54) is 4.57 Å². The van der Waals surface area contributed by atoms with E-state index in [4.69, 9.17) is 0 Å². The maximum Gasteiger partial charge on any atom is 0.337 e. The molecule has 0 bridgehead atoms. The summed E-state index contributed by atoms with van der Waals surface area (Å²) in [6.45, 7) is 10.7. The molecule has 2 aliphatic heterocycles. The highest BCUT2D eigenvalue weighted by Crippen LogP contribution is 2.37. The molecule has 4 atom stereocenters. The summed E-state index contributed by atoms with van der Waals surface area (Å²) < 4.78 is 2.96. The minimum Gasteiger partial charge on any atom is -0.390 e. The van der Waals surface area contributed by atoms with Crippen molar-refractivity contribution in [1.82, 2.24) is 29.2 Å². The summed E-state index contributed by atoms with van der Waals surface area (Å²) in [5.41, 5.74) is 1.10. The molecule has 10 heteroatoms. The summed E-state index contributed by atoms with van der Waals surface area (Å²) in [7, 11) is 0. The lowest BCUT2D eigenvalue weighted by Gasteiger charge is -2.40. The lowest BCUT2D eigenvalue weighted by molar-refractivity contribution is -0.130. The first-order valence-electron chi connectivity index (χ1n) is 14.2. The topological polar surface area (TPSA) is 103 Å². The van der Waals surface area contributed by atoms with E-state index in [0.29, 0.717) is 30.6 Å². The van der Waals surface area contributed by atoms with E-state index >= 15 is 0 Å². The Morgan fingerprint density at radius 1 is 1.03 bits per heavy atom. The molecule has 3 aliphatic rings. The van der Waals surface area contributed by atoms with Crippen molar-refractivity contribution >= 4 is 23.0 Å². The number of fused-ring (bicyclic) bond motifs is 2. The predicted octanol–water partition coefficient (Wildman–Crippen LogP) is 1.71. The van der Waals surface area contributed by atoms with Gasteiger partial charge in [-0.3, -0.25) is 19.2 Å². The lowest BCUT2D eigenvalue weighted by atomic mass is 9.91. The largest absolute Gasteiger partial charge is 0.390 e. The van der Waals surface area contributed by atoms with Crippen molar-refractivity contribution in [2.45, 2.75) is 70.7 Å². The third-order valence-corrected chi connectivity index (χ3v) is 8.71. The number of para-hydroxylation sites is 2. The summed E-state index contributed by atoms with van der Waals surface area (Å²) in [5, 5.41) is 14.1. The summed E-state index contributed by atoms with van der Waals surface area (Å²) in [4.78, 5) is 44.7. The van der Waals surface area contributed by atoms with Crippen LogP contribution in [0.2, 0.25) is 0 Å². The molecule has 2 N–H and O–H groups in total. The number of β-amino-alcohol motifs (C(OH)–C–C–N with tert-alkyl or cyclic N) is 1. The highest BCUT2D eigenvalue weighted by molar-refractivity contribution is 5.89. The van der Waals surface area contributed by atoms with Gasteiger partial charge in [0, 0.05) is 64.3 Å². The molecule has 2 saturated heterocycles. The van der Waals surface area contributed by atoms with Crippen LogP contribution in [0.3, 0.4) is 0 Å². The van der Waals surface area contributed by atoms with Crippen molar-refractivity contribution in [1.29, 1.82) is 0 Å². The fraction of sp³-hybridized carbons (Fsp3) is 0.679. The Labute approximate surface area is 224 Å². The van der Waals surface area contributed by atoms with Crippen molar-refractivity contribution in [3.8, 4) is 0 Å². The van der Waals surface area contributed by atoms with Gasteiger partial charge in [0.15, 0.2) is 0 Å². The summed E-state index contributed by atoms with van der Waals surface area (Å²) in [6.07, 6.45) is 3.49. The molecule has 10 nitrogen and oxygen atoms in total. The number of carbonyl (C=O) groups is 2. The van der Waals surface area contributed by atoms with Crippen molar-refractivity contribution < 1.29 is 14.7 Å². The summed E-state index contributed by atoms with van der Waals surface area (Å²) in [6, 6.07) is 7.38. The number of benzene rings is 1. The van der Waals surface area contributed by atoms with Gasteiger partial charge in [-0.1, -0.05) is 12.1 Å². The molecular weight excluding hydrogens is 484 g/mol. The molecule has 5 rings (SSSR count). The highest BCUT2D eigenvalue weighted by Gasteiger charge is 2.41. The number of aliphatic hydroxyl groups is 1. The van der Waals surface area contributed by atoms with Gasteiger partial charge in [0.1, 0.15) is 0 Å². The molecule has 0 radical (unpaired) electrons. The first-order valence-corrected chi connectivity index (χ1v) is 14.2. The molecule has 3 unspecified atom stereocenters. The van der Waals surface area contributed by atoms with Crippen LogP contribution in [-0.2, 0) is 4.79 Å². The van der Waals surface area contributed by atoms with Gasteiger partial charge in [0.05, 0.1) is 17.1 Å². The second-order valence-corrected chi connectivity index (χ2v) is 11.6. The van der Waals surface area contributed by atoms with Crippen LogP contribution in [0.1, 0.15) is 52.5 Å². The molecule has 1 aromatic carbocycles. The molecular formula is C28H42N6O4. The van der Waals surface area contributed by atoms with Crippen LogP contribution in [-0.4, -0.2) is 105 Å². The van der Waals surface area contributed by atoms with Gasteiger partial charge in [-0.25, -0.2) is 14.2 Å². The van der Waals surface area contributed by atoms with Crippen LogP contribution in [0.25, 0.3) is 11.0 Å². The van der Waals surface area contributed by atoms with Crippen molar-refractivity contribution in [3.05, 3.63) is 34.7 Å². The molecule has 208 valence electrons. The molecule has 0 spiro atoms. The Morgan fingerprint density at radius 2 is 1.74 bits per heavy atom. The van der Waals surface area contributed by atoms with Crippen LogP contribution < -0.4 is 11.0 Å². The van der Waals surface area contributed by atoms with E-state index in [0.717, 1.165) is 63.9 Å². The zero-order valence-corrected chi connectivity index (χ0v) is 22.9. The summed E-state index contributed by atoms with van der Waals surface area (Å²) >= 11 is 0. The van der Waals surface area contributed by atoms with Crippen LogP contribution >= 0.6 is 0 Å². The van der Waals surface area contributed by atoms with E-state index in [1.807, 2.05) is 43.0 Å². The van der Waals surface area contributed by atoms with E-state index in [9.17, 15) is 19.5 Å². The van der Waals surface area contributed by atoms with Crippen LogP contribution in [0.4, 0.5) is 4.79 Å². The van der Waals surface area contributed by atoms with E-state index in [2.05, 4.69) is 15.1 Å². The summed E-state index contributed by atoms with van der Waals surface area (Å²) in [5.74, 6) is 0.595. The zero-order chi connectivity index (χ0) is 27.0. The standard InChI is InChI=1S/C28H42N6O4/c1-19(2)33-24-8-4-5-9-25(24)34(28(33)38)27(37)29-22-15-21-7-6-10-32(26(21)16-22)18-23(36)17-30-11-13-31(14-12-30)20(3)35/h4-5,8-9,19,21-23,26,36H,6-7,10-18H2,1-3H3,(H,29,37)/t21?,22?,23-,26?/m1/s1. The molecule has 38 heavy (non-hydrogen) atoms. The van der Waals surface area contributed by atoms with Crippen LogP contribution in [0.15, 0.2) is 29.1 Å². The average Bonchev–Trinajstić information content (AvgIpc) is 3.42. The monoisotopic (exact) mass is 526 g/mol. The number of hydrogen-bond acceptors (Lipinski definition) is 6. The fourth-order valence-corrected chi connectivity index (χ4v) is 6.90. The molecule has 2 amide bonds. The number of nitrogens with zero attached hydrogens (tertiary/aromatic N) is 5. The molecule has 1 aliphatic carbocycles. The van der Waals surface area contributed by atoms with E-state index in [1.54, 1.807) is 11.5 Å². The zero-order valence-electron chi connectivity index (χ0n) is 22.9. The Bertz CT molecular complexity index is 1210. The number of likely N-dealkylation sites (tertiary alicyclic amines) is 1. The number of carbonyl (C=O) groups excluding carboxylic acids is 2. The van der Waals surface area contributed by atoms with Crippen molar-refractivity contribution in [3.63, 3.8) is 0 Å². The highest BCUT2D eigenvalue weighted by atomic mass is 16.3. The molecule has 1 saturated carbocycles. The number of piperidine rings is 1. The molecule has 3 heterocycles. The first-order chi connectivity index (χ1) is 18.2. The number of rotatable bonds is 6. The fourth-order valence-electron chi connectivity index (χ4n) is 6.90. The minimum absolute atomic E-state index is 0.00274. The smallest absolute Gasteiger partial charge is 0.337 e. The Morgan fingerprint density at radius 3 is 2.42 bits per heavy atom. The molecule has 2 aromatic rings. The number of amides is 2. The van der Waals surface area contributed by atoms with Crippen LogP contribution in [0.5, 0.6) is 0 Å². The second-order valence-electron chi connectivity index (χ2n) is 11.6. The number of aliphatic hydroxyl groups excluding tert-OH is 1. The maximum atomic E-state index is 13.4. The van der Waals surface area contributed by atoms with Gasteiger partial charge in [0.2, 0.25) is 5.91 Å². The van der Waals surface area contributed by atoms with Gasteiger partial charge in [-0.15, -0.1) is 0 Å². The SMILES string of the molecule is CC(=O)N1CCN(C[C@@H](O)CN2CCCC3CC(NC(=O)n4c(=O)n(C(C)C)c5ccccc54)CC32)CC1. The van der Waals surface area contributed by atoms with Gasteiger partial charge < -0.3 is 15.3 Å². The second kappa shape index (κ2) is 11.2. The quantitative estimate of drug-likeness (QED) is 0.594. The van der Waals surface area contributed by atoms with Gasteiger partial charge in [-0.2, -0.15) is 0 Å². The van der Waals surface area contributed by atoms with Crippen molar-refractivity contribution in [2.75, 3.05) is 45.8 Å². The number of hydrogen-bond donors (Lipinski definition) is 2. The number of aromatic nitrogens is 2. The number of imidazole rings is 1. The molecule has 3 fully saturated rings. The average molecular weight is 527 g/mol. The Kier molecular flexibility index (Phi) is 7.93. The van der Waals surface area contributed by atoms with Crippen LogP contribution in [0, 0.1) is 5.92 Å². The Balaban J connectivity index is 1.20. The van der Waals surface area contributed by atoms with Gasteiger partial charge in [0.25, 0.3) is 0 Å². The maximum absolute atomic E-state index is 13.4. The van der Waals surface area contributed by atoms with E-state index in [-0.39, 0.29) is 29.7 Å². The number of nitrogens with one attached hydrogen (secondary N) is 1. The lowest BCUT2D eigenvalue weighted by Crippen LogP contribution is -2.52.